The van der Waals surface area contributed by atoms with Crippen LogP contribution in [0.2, 0.25) is 0 Å². The van der Waals surface area contributed by atoms with Gasteiger partial charge in [0.1, 0.15) is 5.41 Å². The zero-order chi connectivity index (χ0) is 11.1. The molecule has 0 aromatic heterocycles. The highest BCUT2D eigenvalue weighted by Gasteiger charge is 2.57. The lowest BCUT2D eigenvalue weighted by atomic mass is 9.67. The lowest BCUT2D eigenvalue weighted by molar-refractivity contribution is -0.0244. The summed E-state index contributed by atoms with van der Waals surface area (Å²) in [6, 6.07) is 2.35. The maximum absolute atomic E-state index is 10.3. The maximum Gasteiger partial charge on any atom is 0.112 e. The van der Waals surface area contributed by atoms with Crippen molar-refractivity contribution in [1.82, 2.24) is 0 Å². The summed E-state index contributed by atoms with van der Waals surface area (Å²) < 4.78 is 5.71. The van der Waals surface area contributed by atoms with E-state index in [2.05, 4.69) is 6.07 Å². The lowest BCUT2D eigenvalue weighted by Crippen LogP contribution is -2.45. The smallest absolute Gasteiger partial charge is 0.112 e. The highest BCUT2D eigenvalue weighted by Crippen LogP contribution is 2.51. The summed E-state index contributed by atoms with van der Waals surface area (Å²) in [5, 5.41) is 19.7. The van der Waals surface area contributed by atoms with E-state index < -0.39 is 11.5 Å². The highest BCUT2D eigenvalue weighted by atomic mass is 16.5. The van der Waals surface area contributed by atoms with Gasteiger partial charge in [-0.25, -0.2) is 0 Å². The van der Waals surface area contributed by atoms with E-state index in [0.717, 1.165) is 25.7 Å². The van der Waals surface area contributed by atoms with Crippen LogP contribution in [0, 0.1) is 22.7 Å². The normalized spacial score (nSPS) is 42.5. The molecule has 5 unspecified atom stereocenters. The van der Waals surface area contributed by atoms with E-state index in [1.807, 2.05) is 13.8 Å². The zero-order valence-electron chi connectivity index (χ0n) is 9.44. The minimum Gasteiger partial charge on any atom is -0.391 e. The molecule has 0 amide bonds. The van der Waals surface area contributed by atoms with Crippen LogP contribution in [0.1, 0.15) is 39.5 Å². The van der Waals surface area contributed by atoms with Crippen LogP contribution in [0.5, 0.6) is 0 Å². The Kier molecular flexibility index (Phi) is 2.74. The number of hydrogen-bond donors (Lipinski definition) is 1. The van der Waals surface area contributed by atoms with E-state index in [1.54, 1.807) is 0 Å². The second-order valence-corrected chi connectivity index (χ2v) is 5.01. The number of nitrogens with zero attached hydrogens (tertiary/aromatic N) is 1. The average molecular weight is 209 g/mol. The Labute approximate surface area is 91.0 Å². The van der Waals surface area contributed by atoms with E-state index >= 15 is 0 Å². The van der Waals surface area contributed by atoms with E-state index in [0.29, 0.717) is 0 Å². The van der Waals surface area contributed by atoms with E-state index in [1.165, 1.54) is 0 Å². The summed E-state index contributed by atoms with van der Waals surface area (Å²) in [4.78, 5) is 0. The molecule has 0 radical (unpaired) electrons. The largest absolute Gasteiger partial charge is 0.391 e. The molecule has 15 heavy (non-hydrogen) atoms. The second-order valence-electron chi connectivity index (χ2n) is 5.01. The predicted octanol–water partition coefficient (Wildman–Crippen LogP) is 1.85. The second kappa shape index (κ2) is 3.77. The molecule has 2 aliphatic rings. The molecule has 5 atom stereocenters. The number of fused-ring (bicyclic) bond motifs is 2. The fourth-order valence-electron chi connectivity index (χ4n) is 2.97. The third-order valence-corrected chi connectivity index (χ3v) is 4.17. The number of rotatable bonds is 3. The zero-order valence-corrected chi connectivity index (χ0v) is 9.44. The average Bonchev–Trinajstić information content (AvgIpc) is 2.86. The third-order valence-electron chi connectivity index (χ3n) is 4.17. The molecule has 2 aliphatic heterocycles. The van der Waals surface area contributed by atoms with Crippen molar-refractivity contribution < 1.29 is 9.84 Å². The Balaban J connectivity index is 2.20. The predicted molar refractivity (Wildman–Crippen MR) is 56.0 cm³/mol. The molecule has 0 aromatic carbocycles. The molecule has 84 valence electrons. The van der Waals surface area contributed by atoms with Crippen molar-refractivity contribution >= 4 is 0 Å². The number of nitriles is 1. The molecule has 1 N–H and O–H groups in total. The van der Waals surface area contributed by atoms with Crippen LogP contribution in [0.3, 0.4) is 0 Å². The topological polar surface area (TPSA) is 53.2 Å². The number of aliphatic hydroxyl groups is 1. The number of ether oxygens (including phenoxy) is 1. The summed E-state index contributed by atoms with van der Waals surface area (Å²) in [5.74, 6) is 0.174. The van der Waals surface area contributed by atoms with Crippen molar-refractivity contribution in [1.29, 1.82) is 5.26 Å². The van der Waals surface area contributed by atoms with Crippen molar-refractivity contribution in [3.05, 3.63) is 0 Å². The van der Waals surface area contributed by atoms with E-state index in [4.69, 9.17) is 4.74 Å². The Morgan fingerprint density at radius 2 is 2.33 bits per heavy atom. The molecule has 0 aromatic rings. The van der Waals surface area contributed by atoms with Gasteiger partial charge in [-0.2, -0.15) is 5.26 Å². The molecule has 2 heterocycles. The van der Waals surface area contributed by atoms with Crippen LogP contribution in [0.4, 0.5) is 0 Å². The first-order valence-corrected chi connectivity index (χ1v) is 5.88. The van der Waals surface area contributed by atoms with Crippen LogP contribution in [-0.2, 0) is 4.74 Å². The summed E-state index contributed by atoms with van der Waals surface area (Å²) >= 11 is 0. The van der Waals surface area contributed by atoms with Gasteiger partial charge < -0.3 is 9.84 Å². The monoisotopic (exact) mass is 209 g/mol. The molecule has 3 nitrogen and oxygen atoms in total. The van der Waals surface area contributed by atoms with Gasteiger partial charge in [-0.05, 0) is 25.2 Å². The van der Waals surface area contributed by atoms with Gasteiger partial charge in [0.05, 0.1) is 24.4 Å². The van der Waals surface area contributed by atoms with Crippen molar-refractivity contribution in [2.45, 2.75) is 57.8 Å². The van der Waals surface area contributed by atoms with Crippen molar-refractivity contribution in [2.24, 2.45) is 11.3 Å². The van der Waals surface area contributed by atoms with Gasteiger partial charge in [0.25, 0.3) is 0 Å². The quantitative estimate of drug-likeness (QED) is 0.771. The fraction of sp³-hybridized carbons (Fsp3) is 0.917. The fourth-order valence-corrected chi connectivity index (χ4v) is 2.97. The van der Waals surface area contributed by atoms with Crippen molar-refractivity contribution in [3.63, 3.8) is 0 Å². The summed E-state index contributed by atoms with van der Waals surface area (Å²) in [6.07, 6.45) is 3.27. The molecule has 0 spiro atoms. The van der Waals surface area contributed by atoms with Gasteiger partial charge in [-0.1, -0.05) is 20.3 Å². The molecule has 0 saturated carbocycles. The van der Waals surface area contributed by atoms with Gasteiger partial charge in [0.15, 0.2) is 0 Å². The Morgan fingerprint density at radius 3 is 2.73 bits per heavy atom. The minimum absolute atomic E-state index is 0.0310. The molecular formula is C12H19NO2. The first-order chi connectivity index (χ1) is 7.14. The van der Waals surface area contributed by atoms with Crippen LogP contribution in [0.25, 0.3) is 0 Å². The van der Waals surface area contributed by atoms with Gasteiger partial charge in [0.2, 0.25) is 0 Å². The maximum atomic E-state index is 10.3. The van der Waals surface area contributed by atoms with Crippen LogP contribution < -0.4 is 0 Å². The molecule has 3 heteroatoms. The van der Waals surface area contributed by atoms with Crippen LogP contribution >= 0.6 is 0 Å². The molecule has 2 bridgehead atoms. The Hall–Kier alpha value is -0.590. The van der Waals surface area contributed by atoms with Gasteiger partial charge in [-0.3, -0.25) is 0 Å². The van der Waals surface area contributed by atoms with Crippen LogP contribution in [-0.4, -0.2) is 23.4 Å². The van der Waals surface area contributed by atoms with Gasteiger partial charge >= 0.3 is 0 Å². The molecule has 2 rings (SSSR count). The number of hydrogen-bond acceptors (Lipinski definition) is 3. The van der Waals surface area contributed by atoms with E-state index in [9.17, 15) is 10.4 Å². The highest BCUT2D eigenvalue weighted by molar-refractivity contribution is 5.16. The summed E-state index contributed by atoms with van der Waals surface area (Å²) in [5.41, 5.74) is -0.627. The van der Waals surface area contributed by atoms with Gasteiger partial charge in [-0.15, -0.1) is 0 Å². The third kappa shape index (κ3) is 1.47. The molecule has 0 aliphatic carbocycles. The van der Waals surface area contributed by atoms with Crippen molar-refractivity contribution in [2.75, 3.05) is 0 Å². The van der Waals surface area contributed by atoms with Crippen LogP contribution in [0.15, 0.2) is 0 Å². The standard InChI is InChI=1S/C12H19NO2/c1-3-8(2)11(14)12(7-13)6-9-4-5-10(12)15-9/h8-11,14H,3-6H2,1-2H3. The Morgan fingerprint density at radius 1 is 1.60 bits per heavy atom. The Bertz CT molecular complexity index is 286. The van der Waals surface area contributed by atoms with Crippen molar-refractivity contribution in [3.8, 4) is 6.07 Å². The van der Waals surface area contributed by atoms with E-state index in [-0.39, 0.29) is 18.1 Å². The number of aliphatic hydroxyl groups excluding tert-OH is 1. The first-order valence-electron chi connectivity index (χ1n) is 5.88. The lowest BCUT2D eigenvalue weighted by Gasteiger charge is -2.36. The summed E-state index contributed by atoms with van der Waals surface area (Å²) in [7, 11) is 0. The minimum atomic E-state index is -0.627. The first kappa shape index (κ1) is 10.9. The molecule has 2 saturated heterocycles. The van der Waals surface area contributed by atoms with Gasteiger partial charge in [0, 0.05) is 0 Å². The molecular weight excluding hydrogens is 190 g/mol. The SMILES string of the molecule is CCC(C)C(O)C1(C#N)CC2CCC1O2. The summed E-state index contributed by atoms with van der Waals surface area (Å²) in [6.45, 7) is 4.06. The molecule has 2 fully saturated rings.